The van der Waals surface area contributed by atoms with Gasteiger partial charge in [-0.2, -0.15) is 0 Å². The van der Waals surface area contributed by atoms with Gasteiger partial charge in [-0.05, 0) is 36.0 Å². The molecule has 1 rings (SSSR count). The van der Waals surface area contributed by atoms with Crippen LogP contribution >= 0.6 is 27.3 Å². The van der Waals surface area contributed by atoms with E-state index >= 15 is 0 Å². The first-order valence-electron chi connectivity index (χ1n) is 3.82. The quantitative estimate of drug-likeness (QED) is 0.860. The molecule has 1 aromatic heterocycles. The van der Waals surface area contributed by atoms with Crippen molar-refractivity contribution in [1.82, 2.24) is 5.32 Å². The highest BCUT2D eigenvalue weighted by Gasteiger charge is 2.10. The number of halogens is 1. The minimum absolute atomic E-state index is 0.292. The zero-order valence-corrected chi connectivity index (χ0v) is 9.63. The van der Waals surface area contributed by atoms with Gasteiger partial charge in [-0.1, -0.05) is 0 Å². The van der Waals surface area contributed by atoms with Crippen LogP contribution in [-0.2, 0) is 0 Å². The average Bonchev–Trinajstić information content (AvgIpc) is 2.35. The van der Waals surface area contributed by atoms with E-state index in [0.29, 0.717) is 12.6 Å². The summed E-state index contributed by atoms with van der Waals surface area (Å²) in [6.45, 7) is 2.74. The van der Waals surface area contributed by atoms with Crippen molar-refractivity contribution in [2.24, 2.45) is 5.73 Å². The summed E-state index contributed by atoms with van der Waals surface area (Å²) < 4.78 is 1.18. The lowest BCUT2D eigenvalue weighted by molar-refractivity contribution is 0.615. The van der Waals surface area contributed by atoms with Gasteiger partial charge in [0, 0.05) is 20.8 Å². The van der Waals surface area contributed by atoms with Crippen LogP contribution in [0.25, 0.3) is 0 Å². The first-order valence-corrected chi connectivity index (χ1v) is 5.43. The molecule has 4 heteroatoms. The summed E-state index contributed by atoms with van der Waals surface area (Å²) >= 11 is 5.27. The highest BCUT2D eigenvalue weighted by atomic mass is 79.9. The standard InChI is InChI=1S/C8H13BrN2S/c1-5-6(9)3-8(12-5)7(4-10)11-2/h3,7,11H,4,10H2,1-2H3. The molecular formula is C8H13BrN2S. The van der Waals surface area contributed by atoms with Crippen molar-refractivity contribution in [3.63, 3.8) is 0 Å². The van der Waals surface area contributed by atoms with Gasteiger partial charge in [0.15, 0.2) is 0 Å². The van der Waals surface area contributed by atoms with Crippen molar-refractivity contribution in [2.45, 2.75) is 13.0 Å². The first-order chi connectivity index (χ1) is 5.69. The topological polar surface area (TPSA) is 38.0 Å². The smallest absolute Gasteiger partial charge is 0.0537 e. The number of aryl methyl sites for hydroxylation is 1. The molecule has 2 nitrogen and oxygen atoms in total. The lowest BCUT2D eigenvalue weighted by atomic mass is 10.2. The Kier molecular flexibility index (Phi) is 3.71. The third-order valence-corrected chi connectivity index (χ3v) is 4.05. The number of rotatable bonds is 3. The lowest BCUT2D eigenvalue weighted by Crippen LogP contribution is -2.23. The van der Waals surface area contributed by atoms with E-state index in [0.717, 1.165) is 0 Å². The molecule has 0 aliphatic carbocycles. The van der Waals surface area contributed by atoms with Crippen LogP contribution in [0.4, 0.5) is 0 Å². The Morgan fingerprint density at radius 3 is 2.75 bits per heavy atom. The molecule has 0 aromatic carbocycles. The zero-order valence-electron chi connectivity index (χ0n) is 7.23. The molecule has 0 saturated carbocycles. The van der Waals surface area contributed by atoms with Gasteiger partial charge >= 0.3 is 0 Å². The summed E-state index contributed by atoms with van der Waals surface area (Å²) in [4.78, 5) is 2.60. The van der Waals surface area contributed by atoms with Crippen LogP contribution in [0.5, 0.6) is 0 Å². The van der Waals surface area contributed by atoms with Gasteiger partial charge in [0.05, 0.1) is 6.04 Å². The third-order valence-electron chi connectivity index (χ3n) is 1.80. The molecule has 12 heavy (non-hydrogen) atoms. The number of hydrogen-bond donors (Lipinski definition) is 2. The van der Waals surface area contributed by atoms with Gasteiger partial charge in [0.25, 0.3) is 0 Å². The maximum absolute atomic E-state index is 5.60. The van der Waals surface area contributed by atoms with Crippen molar-refractivity contribution >= 4 is 27.3 Å². The molecule has 0 aliphatic heterocycles. The fourth-order valence-corrected chi connectivity index (χ4v) is 2.71. The normalized spacial score (nSPS) is 13.3. The van der Waals surface area contributed by atoms with Gasteiger partial charge < -0.3 is 11.1 Å². The molecule has 0 radical (unpaired) electrons. The average molecular weight is 249 g/mol. The number of likely N-dealkylation sites (N-methyl/N-ethyl adjacent to an activating group) is 1. The summed E-state index contributed by atoms with van der Waals surface area (Å²) in [6.07, 6.45) is 0. The molecule has 0 fully saturated rings. The second kappa shape index (κ2) is 4.37. The summed E-state index contributed by atoms with van der Waals surface area (Å²) in [5.74, 6) is 0. The van der Waals surface area contributed by atoms with Crippen LogP contribution < -0.4 is 11.1 Å². The Morgan fingerprint density at radius 1 is 1.75 bits per heavy atom. The van der Waals surface area contributed by atoms with E-state index in [4.69, 9.17) is 5.73 Å². The van der Waals surface area contributed by atoms with Crippen LogP contribution in [0.1, 0.15) is 15.8 Å². The van der Waals surface area contributed by atoms with Crippen LogP contribution in [0, 0.1) is 6.92 Å². The molecule has 0 aliphatic rings. The van der Waals surface area contributed by atoms with Gasteiger partial charge in [0.2, 0.25) is 0 Å². The predicted molar refractivity (Wildman–Crippen MR) is 57.6 cm³/mol. The predicted octanol–water partition coefficient (Wildman–Crippen LogP) is 2.04. The number of thiophene rings is 1. The van der Waals surface area contributed by atoms with Gasteiger partial charge in [-0.15, -0.1) is 11.3 Å². The Labute approximate surface area is 85.3 Å². The van der Waals surface area contributed by atoms with Crippen LogP contribution in [0.3, 0.4) is 0 Å². The van der Waals surface area contributed by atoms with Crippen molar-refractivity contribution in [2.75, 3.05) is 13.6 Å². The van der Waals surface area contributed by atoms with Crippen molar-refractivity contribution < 1.29 is 0 Å². The van der Waals surface area contributed by atoms with Gasteiger partial charge in [0.1, 0.15) is 0 Å². The maximum atomic E-state index is 5.60. The SMILES string of the molecule is CNC(CN)c1cc(Br)c(C)s1. The lowest BCUT2D eigenvalue weighted by Gasteiger charge is -2.10. The Bertz CT molecular complexity index is 236. The van der Waals surface area contributed by atoms with E-state index in [1.165, 1.54) is 14.2 Å². The van der Waals surface area contributed by atoms with E-state index in [2.05, 4.69) is 34.2 Å². The van der Waals surface area contributed by atoms with Crippen LogP contribution in [0.2, 0.25) is 0 Å². The molecule has 1 unspecified atom stereocenters. The minimum Gasteiger partial charge on any atom is -0.329 e. The van der Waals surface area contributed by atoms with Crippen LogP contribution in [-0.4, -0.2) is 13.6 Å². The van der Waals surface area contributed by atoms with E-state index in [1.807, 2.05) is 7.05 Å². The van der Waals surface area contributed by atoms with Crippen molar-refractivity contribution in [3.8, 4) is 0 Å². The van der Waals surface area contributed by atoms with E-state index in [9.17, 15) is 0 Å². The third kappa shape index (κ3) is 2.07. The van der Waals surface area contributed by atoms with Crippen molar-refractivity contribution in [1.29, 1.82) is 0 Å². The molecule has 1 heterocycles. The highest BCUT2D eigenvalue weighted by Crippen LogP contribution is 2.29. The molecule has 0 bridgehead atoms. The molecule has 1 aromatic rings. The van der Waals surface area contributed by atoms with Gasteiger partial charge in [-0.3, -0.25) is 0 Å². The molecule has 3 N–H and O–H groups in total. The second-order valence-corrected chi connectivity index (χ2v) is 4.77. The second-order valence-electron chi connectivity index (χ2n) is 2.63. The summed E-state index contributed by atoms with van der Waals surface area (Å²) in [5.41, 5.74) is 5.60. The molecule has 0 spiro atoms. The largest absolute Gasteiger partial charge is 0.329 e. The minimum atomic E-state index is 0.292. The summed E-state index contributed by atoms with van der Waals surface area (Å²) in [5, 5.41) is 3.17. The molecule has 1 atom stereocenters. The molecule has 0 saturated heterocycles. The molecular weight excluding hydrogens is 236 g/mol. The Balaban J connectivity index is 2.86. The Hall–Kier alpha value is 0.1000. The van der Waals surface area contributed by atoms with E-state index in [1.54, 1.807) is 11.3 Å². The summed E-state index contributed by atoms with van der Waals surface area (Å²) in [7, 11) is 1.93. The fraction of sp³-hybridized carbons (Fsp3) is 0.500. The zero-order chi connectivity index (χ0) is 9.14. The number of nitrogens with one attached hydrogen (secondary N) is 1. The monoisotopic (exact) mass is 248 g/mol. The highest BCUT2D eigenvalue weighted by molar-refractivity contribution is 9.10. The Morgan fingerprint density at radius 2 is 2.42 bits per heavy atom. The number of hydrogen-bond acceptors (Lipinski definition) is 3. The van der Waals surface area contributed by atoms with Crippen LogP contribution in [0.15, 0.2) is 10.5 Å². The summed E-state index contributed by atoms with van der Waals surface area (Å²) in [6, 6.07) is 2.42. The number of nitrogens with two attached hydrogens (primary N) is 1. The van der Waals surface area contributed by atoms with E-state index < -0.39 is 0 Å². The molecule has 0 amide bonds. The maximum Gasteiger partial charge on any atom is 0.0537 e. The van der Waals surface area contributed by atoms with Crippen molar-refractivity contribution in [3.05, 3.63) is 20.3 Å². The fourth-order valence-electron chi connectivity index (χ4n) is 1.03. The first kappa shape index (κ1) is 10.2. The molecule has 68 valence electrons. The van der Waals surface area contributed by atoms with Gasteiger partial charge in [-0.25, -0.2) is 0 Å². The van der Waals surface area contributed by atoms with E-state index in [-0.39, 0.29) is 0 Å².